The van der Waals surface area contributed by atoms with Crippen molar-refractivity contribution in [1.82, 2.24) is 15.5 Å². The van der Waals surface area contributed by atoms with Crippen molar-refractivity contribution in [2.24, 2.45) is 0 Å². The number of halogens is 2. The molecule has 2 aromatic rings. The number of nitrogens with zero attached hydrogens (tertiary/aromatic N) is 2. The van der Waals surface area contributed by atoms with E-state index in [1.807, 2.05) is 0 Å². The topological polar surface area (TPSA) is 94.0 Å². The molecule has 0 aliphatic carbocycles. The number of aryl methyl sites for hydroxylation is 1. The molecule has 0 spiro atoms. The van der Waals surface area contributed by atoms with Gasteiger partial charge in [0.25, 0.3) is 5.91 Å². The van der Waals surface area contributed by atoms with Gasteiger partial charge in [-0.3, -0.25) is 4.79 Å². The number of amides is 1. The third kappa shape index (κ3) is 3.08. The van der Waals surface area contributed by atoms with Gasteiger partial charge < -0.3 is 15.6 Å². The van der Waals surface area contributed by atoms with Crippen molar-refractivity contribution < 1.29 is 18.1 Å². The third-order valence-electron chi connectivity index (χ3n) is 2.51. The molecule has 1 aromatic heterocycles. The highest BCUT2D eigenvalue weighted by Gasteiger charge is 2.16. The van der Waals surface area contributed by atoms with Gasteiger partial charge in [-0.15, -0.1) is 0 Å². The molecular formula is C12H12F2N4O2. The summed E-state index contributed by atoms with van der Waals surface area (Å²) >= 11 is 0. The zero-order valence-electron chi connectivity index (χ0n) is 10.6. The van der Waals surface area contributed by atoms with Crippen LogP contribution in [-0.4, -0.2) is 22.6 Å². The second-order valence-electron chi connectivity index (χ2n) is 4.09. The Hall–Kier alpha value is -2.51. The minimum atomic E-state index is -0.945. The summed E-state index contributed by atoms with van der Waals surface area (Å²) < 4.78 is 31.4. The molecule has 1 aromatic carbocycles. The quantitative estimate of drug-likeness (QED) is 0.822. The fourth-order valence-electron chi connectivity index (χ4n) is 1.60. The van der Waals surface area contributed by atoms with Gasteiger partial charge >= 0.3 is 0 Å². The molecule has 20 heavy (non-hydrogen) atoms. The maximum absolute atomic E-state index is 13.6. The van der Waals surface area contributed by atoms with Gasteiger partial charge in [-0.2, -0.15) is 4.98 Å². The lowest BCUT2D eigenvalue weighted by molar-refractivity contribution is 0.0949. The van der Waals surface area contributed by atoms with Gasteiger partial charge in [0, 0.05) is 19.9 Å². The van der Waals surface area contributed by atoms with Crippen molar-refractivity contribution in [3.63, 3.8) is 0 Å². The molecule has 0 saturated heterocycles. The van der Waals surface area contributed by atoms with Gasteiger partial charge in [-0.25, -0.2) is 8.78 Å². The van der Waals surface area contributed by atoms with Crippen LogP contribution < -0.4 is 11.1 Å². The molecule has 0 fully saturated rings. The number of nitrogen functional groups attached to an aromatic ring is 1. The van der Waals surface area contributed by atoms with Crippen molar-refractivity contribution in [2.75, 3.05) is 12.3 Å². The van der Waals surface area contributed by atoms with Crippen molar-refractivity contribution in [2.45, 2.75) is 13.3 Å². The number of aromatic nitrogens is 2. The molecule has 3 N–H and O–H groups in total. The summed E-state index contributed by atoms with van der Waals surface area (Å²) in [5.74, 6) is -1.65. The molecule has 1 heterocycles. The SMILES string of the molecule is Cc1nc(CCNC(=O)c2cc(F)cc(N)c2F)no1. The zero-order chi connectivity index (χ0) is 14.7. The number of hydrogen-bond acceptors (Lipinski definition) is 5. The summed E-state index contributed by atoms with van der Waals surface area (Å²) in [6.45, 7) is 1.80. The number of nitrogens with two attached hydrogens (primary N) is 1. The number of rotatable bonds is 4. The number of carbonyl (C=O) groups excluding carboxylic acids is 1. The van der Waals surface area contributed by atoms with Crippen molar-refractivity contribution >= 4 is 11.6 Å². The number of hydrogen-bond donors (Lipinski definition) is 2. The van der Waals surface area contributed by atoms with E-state index in [4.69, 9.17) is 10.3 Å². The average molecular weight is 282 g/mol. The van der Waals surface area contributed by atoms with E-state index in [2.05, 4.69) is 15.5 Å². The van der Waals surface area contributed by atoms with Crippen LogP contribution in [0.2, 0.25) is 0 Å². The summed E-state index contributed by atoms with van der Waals surface area (Å²) in [6.07, 6.45) is 0.315. The number of anilines is 1. The fourth-order valence-corrected chi connectivity index (χ4v) is 1.60. The summed E-state index contributed by atoms with van der Waals surface area (Å²) in [5, 5.41) is 6.07. The lowest BCUT2D eigenvalue weighted by Gasteiger charge is -2.06. The van der Waals surface area contributed by atoms with Crippen molar-refractivity contribution in [3.8, 4) is 0 Å². The highest BCUT2D eigenvalue weighted by Crippen LogP contribution is 2.17. The Morgan fingerprint density at radius 3 is 2.85 bits per heavy atom. The van der Waals surface area contributed by atoms with Crippen LogP contribution in [0.1, 0.15) is 22.1 Å². The predicted octanol–water partition coefficient (Wildman–Crippen LogP) is 1.21. The second-order valence-corrected chi connectivity index (χ2v) is 4.09. The Labute approximate surface area is 113 Å². The van der Waals surface area contributed by atoms with E-state index < -0.39 is 28.8 Å². The summed E-state index contributed by atoms with van der Waals surface area (Å²) in [4.78, 5) is 15.7. The molecule has 0 saturated carbocycles. The molecule has 0 bridgehead atoms. The van der Waals surface area contributed by atoms with Crippen LogP contribution in [-0.2, 0) is 6.42 Å². The molecule has 106 valence electrons. The standard InChI is InChI=1S/C12H12F2N4O2/c1-6-17-10(18-20-6)2-3-16-12(19)8-4-7(13)5-9(15)11(8)14/h4-5H,2-3,15H2,1H3,(H,16,19). The zero-order valence-corrected chi connectivity index (χ0v) is 10.6. The molecule has 1 amide bonds. The highest BCUT2D eigenvalue weighted by molar-refractivity contribution is 5.95. The number of benzene rings is 1. The van der Waals surface area contributed by atoms with E-state index in [0.717, 1.165) is 12.1 Å². The maximum Gasteiger partial charge on any atom is 0.254 e. The van der Waals surface area contributed by atoms with Crippen LogP contribution >= 0.6 is 0 Å². The largest absolute Gasteiger partial charge is 0.396 e. The van der Waals surface area contributed by atoms with Crippen molar-refractivity contribution in [3.05, 3.63) is 41.0 Å². The molecule has 0 radical (unpaired) electrons. The smallest absolute Gasteiger partial charge is 0.254 e. The second kappa shape index (κ2) is 5.64. The molecule has 6 nitrogen and oxygen atoms in total. The maximum atomic E-state index is 13.6. The number of carbonyl (C=O) groups is 1. The first-order valence-corrected chi connectivity index (χ1v) is 5.79. The Morgan fingerprint density at radius 1 is 1.45 bits per heavy atom. The third-order valence-corrected chi connectivity index (χ3v) is 2.51. The Kier molecular flexibility index (Phi) is 3.92. The van der Waals surface area contributed by atoms with Crippen LogP contribution in [0.3, 0.4) is 0 Å². The van der Waals surface area contributed by atoms with Gasteiger partial charge in [-0.1, -0.05) is 5.16 Å². The van der Waals surface area contributed by atoms with E-state index in [1.165, 1.54) is 0 Å². The van der Waals surface area contributed by atoms with Gasteiger partial charge in [-0.05, 0) is 12.1 Å². The van der Waals surface area contributed by atoms with E-state index in [-0.39, 0.29) is 6.54 Å². The molecule has 2 rings (SSSR count). The van der Waals surface area contributed by atoms with Crippen molar-refractivity contribution in [1.29, 1.82) is 0 Å². The van der Waals surface area contributed by atoms with E-state index in [1.54, 1.807) is 6.92 Å². The Bertz CT molecular complexity index is 642. The molecule has 8 heteroatoms. The lowest BCUT2D eigenvalue weighted by atomic mass is 10.1. The molecule has 0 atom stereocenters. The van der Waals surface area contributed by atoms with E-state index >= 15 is 0 Å². The van der Waals surface area contributed by atoms with Gasteiger partial charge in [0.05, 0.1) is 11.3 Å². The van der Waals surface area contributed by atoms with Crippen LogP contribution in [0.5, 0.6) is 0 Å². The first kappa shape index (κ1) is 13.9. The minimum Gasteiger partial charge on any atom is -0.396 e. The highest BCUT2D eigenvalue weighted by atomic mass is 19.1. The lowest BCUT2D eigenvalue weighted by Crippen LogP contribution is -2.27. The van der Waals surface area contributed by atoms with Crippen LogP contribution in [0.15, 0.2) is 16.7 Å². The first-order chi connectivity index (χ1) is 9.47. The fraction of sp³-hybridized carbons (Fsp3) is 0.250. The van der Waals surface area contributed by atoms with Gasteiger partial charge in [0.1, 0.15) is 5.82 Å². The monoisotopic (exact) mass is 282 g/mol. The summed E-state index contributed by atoms with van der Waals surface area (Å²) in [6, 6.07) is 1.60. The number of nitrogens with one attached hydrogen (secondary N) is 1. The Morgan fingerprint density at radius 2 is 2.20 bits per heavy atom. The molecule has 0 unspecified atom stereocenters. The summed E-state index contributed by atoms with van der Waals surface area (Å²) in [7, 11) is 0. The predicted molar refractivity (Wildman–Crippen MR) is 65.8 cm³/mol. The van der Waals surface area contributed by atoms with Crippen LogP contribution in [0, 0.1) is 18.6 Å². The van der Waals surface area contributed by atoms with Gasteiger partial charge in [0.2, 0.25) is 5.89 Å². The minimum absolute atomic E-state index is 0.160. The average Bonchev–Trinajstić information content (AvgIpc) is 2.79. The van der Waals surface area contributed by atoms with Gasteiger partial charge in [0.15, 0.2) is 11.6 Å². The first-order valence-electron chi connectivity index (χ1n) is 5.79. The van der Waals surface area contributed by atoms with Crippen LogP contribution in [0.4, 0.5) is 14.5 Å². The molecule has 0 aliphatic rings. The molecular weight excluding hydrogens is 270 g/mol. The molecule has 0 aliphatic heterocycles. The Balaban J connectivity index is 1.98. The summed E-state index contributed by atoms with van der Waals surface area (Å²) in [5.41, 5.74) is 4.40. The van der Waals surface area contributed by atoms with Crippen LogP contribution in [0.25, 0.3) is 0 Å². The van der Waals surface area contributed by atoms with E-state index in [9.17, 15) is 13.6 Å². The van der Waals surface area contributed by atoms with E-state index in [0.29, 0.717) is 18.1 Å². The normalized spacial score (nSPS) is 10.6.